The molecule has 0 radical (unpaired) electrons. The molecule has 108 valence electrons. The van der Waals surface area contributed by atoms with Gasteiger partial charge in [0.05, 0.1) is 11.5 Å². The summed E-state index contributed by atoms with van der Waals surface area (Å²) < 4.78 is 0. The summed E-state index contributed by atoms with van der Waals surface area (Å²) in [4.78, 5) is 31.4. The van der Waals surface area contributed by atoms with Crippen LogP contribution in [0.25, 0.3) is 0 Å². The third-order valence-electron chi connectivity index (χ3n) is 3.70. The van der Waals surface area contributed by atoms with Gasteiger partial charge in [-0.1, -0.05) is 0 Å². The van der Waals surface area contributed by atoms with E-state index in [4.69, 9.17) is 10.6 Å². The first-order valence-corrected chi connectivity index (χ1v) is 7.53. The summed E-state index contributed by atoms with van der Waals surface area (Å²) in [6.07, 6.45) is 0.866. The molecule has 2 aliphatic heterocycles. The highest BCUT2D eigenvalue weighted by Crippen LogP contribution is 2.39. The number of carbonyl (C=O) groups is 2. The average Bonchev–Trinajstić information content (AvgIpc) is 2.92. The fourth-order valence-corrected chi connectivity index (χ4v) is 3.43. The van der Waals surface area contributed by atoms with Gasteiger partial charge in [0, 0.05) is 23.4 Å². The predicted molar refractivity (Wildman–Crippen MR) is 74.9 cm³/mol. The number of likely N-dealkylation sites (tertiary alicyclic amines) is 1. The molecule has 1 unspecified atom stereocenters. The number of nitrogens with zero attached hydrogens (tertiary/aromatic N) is 2. The van der Waals surface area contributed by atoms with Crippen molar-refractivity contribution >= 4 is 28.2 Å². The lowest BCUT2D eigenvalue weighted by molar-refractivity contribution is -0.167. The lowest BCUT2D eigenvalue weighted by atomic mass is 10.0. The van der Waals surface area contributed by atoms with Gasteiger partial charge in [-0.25, -0.2) is 0 Å². The van der Waals surface area contributed by atoms with E-state index >= 15 is 0 Å². The molecule has 2 amide bonds. The number of hydrogen-bond acceptors (Lipinski definition) is 6. The van der Waals surface area contributed by atoms with Crippen LogP contribution >= 0.6 is 11.3 Å². The van der Waals surface area contributed by atoms with Gasteiger partial charge in [-0.2, -0.15) is 0 Å². The second-order valence-electron chi connectivity index (χ2n) is 5.36. The molecule has 20 heavy (non-hydrogen) atoms. The highest BCUT2D eigenvalue weighted by atomic mass is 32.1. The van der Waals surface area contributed by atoms with Crippen LogP contribution in [0.15, 0.2) is 5.38 Å². The zero-order valence-electron chi connectivity index (χ0n) is 11.5. The molecule has 1 aromatic rings. The van der Waals surface area contributed by atoms with Crippen LogP contribution in [0.4, 0.5) is 5.00 Å². The van der Waals surface area contributed by atoms with Crippen LogP contribution in [-0.2, 0) is 16.1 Å². The molecule has 0 spiro atoms. The van der Waals surface area contributed by atoms with E-state index < -0.39 is 6.04 Å². The maximum Gasteiger partial charge on any atom is 0.250 e. The Kier molecular flexibility index (Phi) is 3.18. The molecule has 3 rings (SSSR count). The Balaban J connectivity index is 1.79. The van der Waals surface area contributed by atoms with Crippen LogP contribution in [0, 0.1) is 0 Å². The van der Waals surface area contributed by atoms with Crippen LogP contribution in [0.2, 0.25) is 0 Å². The van der Waals surface area contributed by atoms with Crippen molar-refractivity contribution in [2.75, 3.05) is 5.73 Å². The van der Waals surface area contributed by atoms with Gasteiger partial charge in [-0.15, -0.1) is 16.4 Å². The zero-order valence-corrected chi connectivity index (χ0v) is 12.3. The predicted octanol–water partition coefficient (Wildman–Crippen LogP) is 1.37. The van der Waals surface area contributed by atoms with E-state index in [1.165, 1.54) is 16.2 Å². The van der Waals surface area contributed by atoms with Gasteiger partial charge in [0.25, 0.3) is 0 Å². The minimum absolute atomic E-state index is 0.103. The maximum absolute atomic E-state index is 12.5. The van der Waals surface area contributed by atoms with E-state index in [9.17, 15) is 9.59 Å². The fourth-order valence-electron chi connectivity index (χ4n) is 2.70. The van der Waals surface area contributed by atoms with Crippen molar-refractivity contribution in [1.82, 2.24) is 9.96 Å². The van der Waals surface area contributed by atoms with Gasteiger partial charge in [0.2, 0.25) is 11.8 Å². The molecule has 0 aliphatic carbocycles. The molecule has 1 aromatic heterocycles. The molecular weight excluding hydrogens is 278 g/mol. The monoisotopic (exact) mass is 295 g/mol. The number of piperidine rings is 1. The third kappa shape index (κ3) is 1.97. The minimum Gasteiger partial charge on any atom is -0.404 e. The van der Waals surface area contributed by atoms with Gasteiger partial charge in [-0.05, 0) is 20.3 Å². The number of fused-ring (bicyclic) bond motifs is 1. The first-order chi connectivity index (χ1) is 9.49. The molecule has 1 fully saturated rings. The van der Waals surface area contributed by atoms with E-state index in [0.29, 0.717) is 19.4 Å². The molecule has 1 atom stereocenters. The minimum atomic E-state index is -0.410. The Morgan fingerprint density at radius 1 is 1.45 bits per heavy atom. The third-order valence-corrected chi connectivity index (χ3v) is 4.54. The molecule has 0 aromatic carbocycles. The summed E-state index contributed by atoms with van der Waals surface area (Å²) in [5.41, 5.74) is 6.82. The maximum atomic E-state index is 12.5. The smallest absolute Gasteiger partial charge is 0.250 e. The second-order valence-corrected chi connectivity index (χ2v) is 6.27. The SMILES string of the molecule is CC(C)N1C(=O)CCC(N2Cc3c(csc3N)O2)C1=O. The van der Waals surface area contributed by atoms with Crippen molar-refractivity contribution in [2.24, 2.45) is 0 Å². The summed E-state index contributed by atoms with van der Waals surface area (Å²) in [6, 6.07) is -0.536. The van der Waals surface area contributed by atoms with Crippen LogP contribution in [0.3, 0.4) is 0 Å². The summed E-state index contributed by atoms with van der Waals surface area (Å²) in [7, 11) is 0. The normalized spacial score (nSPS) is 23.4. The quantitative estimate of drug-likeness (QED) is 0.834. The highest BCUT2D eigenvalue weighted by Gasteiger charge is 2.42. The standard InChI is InChI=1S/C13H17N3O3S/c1-7(2)16-11(17)4-3-9(13(16)18)15-5-8-10(19-15)6-20-12(8)14/h6-7,9H,3-5,14H2,1-2H3. The number of hydroxylamine groups is 2. The molecule has 2 N–H and O–H groups in total. The fraction of sp³-hybridized carbons (Fsp3) is 0.538. The number of anilines is 1. The van der Waals surface area contributed by atoms with Crippen molar-refractivity contribution in [3.63, 3.8) is 0 Å². The van der Waals surface area contributed by atoms with Crippen molar-refractivity contribution in [3.8, 4) is 5.75 Å². The summed E-state index contributed by atoms with van der Waals surface area (Å²) >= 11 is 1.44. The van der Waals surface area contributed by atoms with E-state index in [-0.39, 0.29) is 17.9 Å². The van der Waals surface area contributed by atoms with Gasteiger partial charge < -0.3 is 10.6 Å². The molecule has 3 heterocycles. The second kappa shape index (κ2) is 4.75. The van der Waals surface area contributed by atoms with Crippen molar-refractivity contribution in [3.05, 3.63) is 10.9 Å². The number of nitrogens with two attached hydrogens (primary N) is 1. The molecule has 2 aliphatic rings. The summed E-state index contributed by atoms with van der Waals surface area (Å²) in [5.74, 6) is 0.450. The van der Waals surface area contributed by atoms with E-state index in [0.717, 1.165) is 16.3 Å². The molecule has 7 heteroatoms. The van der Waals surface area contributed by atoms with Crippen LogP contribution in [-0.4, -0.2) is 33.9 Å². The first-order valence-electron chi connectivity index (χ1n) is 6.65. The van der Waals surface area contributed by atoms with Gasteiger partial charge >= 0.3 is 0 Å². The number of rotatable bonds is 2. The lowest BCUT2D eigenvalue weighted by Gasteiger charge is -2.36. The van der Waals surface area contributed by atoms with Gasteiger partial charge in [-0.3, -0.25) is 14.5 Å². The number of amides is 2. The van der Waals surface area contributed by atoms with E-state index in [1.807, 2.05) is 19.2 Å². The van der Waals surface area contributed by atoms with Crippen LogP contribution in [0.5, 0.6) is 5.75 Å². The number of thiophene rings is 1. The number of carbonyl (C=O) groups excluding carboxylic acids is 2. The zero-order chi connectivity index (χ0) is 14.4. The number of imide groups is 1. The molecule has 0 saturated carbocycles. The molecular formula is C13H17N3O3S. The first kappa shape index (κ1) is 13.4. The van der Waals surface area contributed by atoms with Gasteiger partial charge in [0.1, 0.15) is 6.04 Å². The topological polar surface area (TPSA) is 75.9 Å². The Hall–Kier alpha value is -1.60. The summed E-state index contributed by atoms with van der Waals surface area (Å²) in [6.45, 7) is 4.19. The van der Waals surface area contributed by atoms with E-state index in [1.54, 1.807) is 5.06 Å². The van der Waals surface area contributed by atoms with Crippen LogP contribution < -0.4 is 10.6 Å². The highest BCUT2D eigenvalue weighted by molar-refractivity contribution is 7.14. The molecule has 1 saturated heterocycles. The largest absolute Gasteiger partial charge is 0.404 e. The summed E-state index contributed by atoms with van der Waals surface area (Å²) in [5, 5.41) is 4.23. The van der Waals surface area contributed by atoms with Crippen molar-refractivity contribution < 1.29 is 14.4 Å². The lowest BCUT2D eigenvalue weighted by Crippen LogP contribution is -2.56. The number of hydrogen-bond donors (Lipinski definition) is 1. The van der Waals surface area contributed by atoms with Crippen molar-refractivity contribution in [1.29, 1.82) is 0 Å². The average molecular weight is 295 g/mol. The Labute approximate surface area is 121 Å². The Morgan fingerprint density at radius 3 is 2.85 bits per heavy atom. The molecule has 0 bridgehead atoms. The van der Waals surface area contributed by atoms with Crippen LogP contribution in [0.1, 0.15) is 32.3 Å². The number of nitrogen functional groups attached to an aromatic ring is 1. The van der Waals surface area contributed by atoms with Gasteiger partial charge in [0.15, 0.2) is 5.75 Å². The van der Waals surface area contributed by atoms with E-state index in [2.05, 4.69) is 0 Å². The van der Waals surface area contributed by atoms with Crippen molar-refractivity contribution in [2.45, 2.75) is 45.3 Å². The Bertz CT molecular complexity index is 569. The Morgan fingerprint density at radius 2 is 2.20 bits per heavy atom. The molecule has 6 nitrogen and oxygen atoms in total.